The van der Waals surface area contributed by atoms with Crippen molar-refractivity contribution in [3.63, 3.8) is 0 Å². The average molecular weight is 326 g/mol. The number of ether oxygens (including phenoxy) is 1. The predicted molar refractivity (Wildman–Crippen MR) is 73.9 cm³/mol. The Labute approximate surface area is 129 Å². The molecule has 1 heterocycles. The summed E-state index contributed by atoms with van der Waals surface area (Å²) in [6.07, 6.45) is -3.11. The van der Waals surface area contributed by atoms with Gasteiger partial charge in [0.25, 0.3) is 0 Å². The van der Waals surface area contributed by atoms with Crippen LogP contribution in [0.3, 0.4) is 0 Å². The number of carbonyl (C=O) groups is 1. The zero-order valence-corrected chi connectivity index (χ0v) is 12.1. The molecule has 0 radical (unpaired) electrons. The highest BCUT2D eigenvalue weighted by atomic mass is 19.4. The SMILES string of the molecule is Cc1nn(-c2cccc(OC(F)(F)F)c2)c(C2CC2)c1C(=O)O. The number of carboxylic acids is 1. The second-order valence-electron chi connectivity index (χ2n) is 5.38. The fourth-order valence-corrected chi connectivity index (χ4v) is 2.55. The van der Waals surface area contributed by atoms with Gasteiger partial charge in [-0.2, -0.15) is 5.10 Å². The van der Waals surface area contributed by atoms with Crippen LogP contribution in [0.25, 0.3) is 5.69 Å². The molecule has 3 rings (SSSR count). The van der Waals surface area contributed by atoms with Crippen LogP contribution in [-0.4, -0.2) is 27.2 Å². The Morgan fingerprint density at radius 2 is 2.09 bits per heavy atom. The number of hydrogen-bond acceptors (Lipinski definition) is 3. The molecule has 0 bridgehead atoms. The third-order valence-electron chi connectivity index (χ3n) is 3.57. The van der Waals surface area contributed by atoms with Crippen molar-refractivity contribution >= 4 is 5.97 Å². The minimum atomic E-state index is -4.79. The van der Waals surface area contributed by atoms with Crippen molar-refractivity contribution in [3.8, 4) is 11.4 Å². The fourth-order valence-electron chi connectivity index (χ4n) is 2.55. The Hall–Kier alpha value is -2.51. The van der Waals surface area contributed by atoms with E-state index in [4.69, 9.17) is 0 Å². The van der Waals surface area contributed by atoms with Crippen LogP contribution in [0.5, 0.6) is 5.75 Å². The molecule has 1 fully saturated rings. The molecule has 0 aliphatic heterocycles. The topological polar surface area (TPSA) is 64.4 Å². The smallest absolute Gasteiger partial charge is 0.478 e. The Balaban J connectivity index is 2.07. The lowest BCUT2D eigenvalue weighted by molar-refractivity contribution is -0.274. The molecular formula is C15H13F3N2O3. The first kappa shape index (κ1) is 15.4. The summed E-state index contributed by atoms with van der Waals surface area (Å²) in [6, 6.07) is 5.34. The Morgan fingerprint density at radius 3 is 2.65 bits per heavy atom. The largest absolute Gasteiger partial charge is 0.573 e. The van der Waals surface area contributed by atoms with Crippen molar-refractivity contribution in [1.82, 2.24) is 9.78 Å². The molecule has 122 valence electrons. The monoisotopic (exact) mass is 326 g/mol. The fraction of sp³-hybridized carbons (Fsp3) is 0.333. The molecule has 1 aromatic heterocycles. The van der Waals surface area contributed by atoms with E-state index in [9.17, 15) is 23.1 Å². The van der Waals surface area contributed by atoms with Crippen molar-refractivity contribution in [2.75, 3.05) is 0 Å². The van der Waals surface area contributed by atoms with E-state index in [0.29, 0.717) is 17.1 Å². The second-order valence-corrected chi connectivity index (χ2v) is 5.38. The average Bonchev–Trinajstić information content (AvgIpc) is 3.20. The van der Waals surface area contributed by atoms with Gasteiger partial charge in [-0.1, -0.05) is 6.07 Å². The number of hydrogen-bond donors (Lipinski definition) is 1. The molecule has 2 aromatic rings. The van der Waals surface area contributed by atoms with E-state index in [1.807, 2.05) is 0 Å². The third kappa shape index (κ3) is 3.15. The second kappa shape index (κ2) is 5.29. The highest BCUT2D eigenvalue weighted by Crippen LogP contribution is 2.43. The Bertz CT molecular complexity index is 764. The van der Waals surface area contributed by atoms with Gasteiger partial charge in [-0.05, 0) is 31.9 Å². The van der Waals surface area contributed by atoms with Gasteiger partial charge in [0.05, 0.1) is 17.1 Å². The molecule has 8 heteroatoms. The molecule has 1 aliphatic carbocycles. The summed E-state index contributed by atoms with van der Waals surface area (Å²) in [5, 5.41) is 13.6. The number of nitrogens with zero attached hydrogens (tertiary/aromatic N) is 2. The summed E-state index contributed by atoms with van der Waals surface area (Å²) in [5.41, 5.74) is 1.32. The van der Waals surface area contributed by atoms with Crippen molar-refractivity contribution < 1.29 is 27.8 Å². The maximum atomic E-state index is 12.3. The highest BCUT2D eigenvalue weighted by Gasteiger charge is 2.35. The van der Waals surface area contributed by atoms with Crippen LogP contribution < -0.4 is 4.74 Å². The quantitative estimate of drug-likeness (QED) is 0.931. The van der Waals surface area contributed by atoms with E-state index in [1.165, 1.54) is 22.9 Å². The maximum absolute atomic E-state index is 12.3. The van der Waals surface area contributed by atoms with Gasteiger partial charge >= 0.3 is 12.3 Å². The van der Waals surface area contributed by atoms with Crippen LogP contribution in [0.15, 0.2) is 24.3 Å². The number of carboxylic acid groups (broad SMARTS) is 1. The Kier molecular flexibility index (Phi) is 3.54. The van der Waals surface area contributed by atoms with Crippen LogP contribution in [-0.2, 0) is 0 Å². The highest BCUT2D eigenvalue weighted by molar-refractivity contribution is 5.90. The molecule has 1 aliphatic rings. The van der Waals surface area contributed by atoms with Crippen molar-refractivity contribution in [2.24, 2.45) is 0 Å². The van der Waals surface area contributed by atoms with Crippen molar-refractivity contribution in [1.29, 1.82) is 0 Å². The minimum Gasteiger partial charge on any atom is -0.478 e. The number of aromatic nitrogens is 2. The molecular weight excluding hydrogens is 313 g/mol. The zero-order chi connectivity index (χ0) is 16.8. The number of aryl methyl sites for hydroxylation is 1. The van der Waals surface area contributed by atoms with Crippen LogP contribution in [0.2, 0.25) is 0 Å². The van der Waals surface area contributed by atoms with E-state index < -0.39 is 12.3 Å². The molecule has 1 saturated carbocycles. The van der Waals surface area contributed by atoms with E-state index in [2.05, 4.69) is 9.84 Å². The summed E-state index contributed by atoms with van der Waals surface area (Å²) >= 11 is 0. The molecule has 23 heavy (non-hydrogen) atoms. The van der Waals surface area contributed by atoms with Gasteiger partial charge in [0.2, 0.25) is 0 Å². The third-order valence-corrected chi connectivity index (χ3v) is 3.57. The first-order chi connectivity index (χ1) is 10.8. The lowest BCUT2D eigenvalue weighted by Gasteiger charge is -2.11. The van der Waals surface area contributed by atoms with Gasteiger partial charge in [0.1, 0.15) is 11.3 Å². The summed E-state index contributed by atoms with van der Waals surface area (Å²) in [6.45, 7) is 1.57. The molecule has 0 atom stereocenters. The number of benzene rings is 1. The summed E-state index contributed by atoms with van der Waals surface area (Å²) < 4.78 is 42.3. The van der Waals surface area contributed by atoms with Gasteiger partial charge in [-0.15, -0.1) is 13.2 Å². The van der Waals surface area contributed by atoms with Crippen molar-refractivity contribution in [2.45, 2.75) is 32.0 Å². The van der Waals surface area contributed by atoms with Crippen LogP contribution in [0, 0.1) is 6.92 Å². The Morgan fingerprint density at radius 1 is 1.39 bits per heavy atom. The molecule has 1 aromatic carbocycles. The molecule has 0 saturated heterocycles. The summed E-state index contributed by atoms with van der Waals surface area (Å²) in [4.78, 5) is 11.4. The molecule has 5 nitrogen and oxygen atoms in total. The van der Waals surface area contributed by atoms with Gasteiger partial charge in [0.15, 0.2) is 0 Å². The van der Waals surface area contributed by atoms with Crippen LogP contribution in [0.4, 0.5) is 13.2 Å². The predicted octanol–water partition coefficient (Wildman–Crippen LogP) is 3.65. The number of aromatic carboxylic acids is 1. The first-order valence-corrected chi connectivity index (χ1v) is 6.95. The van der Waals surface area contributed by atoms with E-state index >= 15 is 0 Å². The molecule has 0 unspecified atom stereocenters. The van der Waals surface area contributed by atoms with E-state index in [-0.39, 0.29) is 17.2 Å². The van der Waals surface area contributed by atoms with Gasteiger partial charge < -0.3 is 9.84 Å². The van der Waals surface area contributed by atoms with Gasteiger partial charge in [-0.3, -0.25) is 0 Å². The zero-order valence-electron chi connectivity index (χ0n) is 12.1. The maximum Gasteiger partial charge on any atom is 0.573 e. The van der Waals surface area contributed by atoms with Crippen LogP contribution >= 0.6 is 0 Å². The number of halogens is 3. The molecule has 0 spiro atoms. The first-order valence-electron chi connectivity index (χ1n) is 6.95. The normalized spacial score (nSPS) is 14.8. The standard InChI is InChI=1S/C15H13F3N2O3/c1-8-12(14(21)22)13(9-5-6-9)20(19-8)10-3-2-4-11(7-10)23-15(16,17)18/h2-4,7,9H,5-6H2,1H3,(H,21,22). The lowest BCUT2D eigenvalue weighted by atomic mass is 10.1. The van der Waals surface area contributed by atoms with Crippen LogP contribution in [0.1, 0.15) is 40.5 Å². The number of rotatable bonds is 4. The van der Waals surface area contributed by atoms with E-state index in [1.54, 1.807) is 13.0 Å². The van der Waals surface area contributed by atoms with Gasteiger partial charge in [0, 0.05) is 12.0 Å². The summed E-state index contributed by atoms with van der Waals surface area (Å²) in [7, 11) is 0. The summed E-state index contributed by atoms with van der Waals surface area (Å²) in [5.74, 6) is -1.39. The number of alkyl halides is 3. The van der Waals surface area contributed by atoms with Gasteiger partial charge in [-0.25, -0.2) is 9.48 Å². The lowest BCUT2D eigenvalue weighted by Crippen LogP contribution is -2.17. The minimum absolute atomic E-state index is 0.0643. The molecule has 0 amide bonds. The van der Waals surface area contributed by atoms with E-state index in [0.717, 1.165) is 12.8 Å². The van der Waals surface area contributed by atoms with Crippen molar-refractivity contribution in [3.05, 3.63) is 41.2 Å². The molecule has 1 N–H and O–H groups in total.